The zero-order valence-electron chi connectivity index (χ0n) is 18.2. The number of nitrogens with zero attached hydrogens (tertiary/aromatic N) is 4. The summed E-state index contributed by atoms with van der Waals surface area (Å²) in [5, 5.41) is 3.39. The normalized spacial score (nSPS) is 24.1. The number of aliphatic imine (C=N–C) groups is 1. The van der Waals surface area contributed by atoms with Crippen LogP contribution in [-0.4, -0.2) is 91.8 Å². The van der Waals surface area contributed by atoms with E-state index in [1.165, 1.54) is 24.2 Å². The summed E-state index contributed by atoms with van der Waals surface area (Å²) in [5.74, 6) is 1.18. The first-order valence-electron chi connectivity index (χ1n) is 10.9. The van der Waals surface area contributed by atoms with E-state index in [1.807, 2.05) is 0 Å². The van der Waals surface area contributed by atoms with Crippen LogP contribution in [0.5, 0.6) is 0 Å². The Kier molecular flexibility index (Phi) is 12.2. The molecule has 2 heterocycles. The van der Waals surface area contributed by atoms with Gasteiger partial charge in [-0.1, -0.05) is 20.3 Å². The number of likely N-dealkylation sites (tertiary alicyclic amines) is 2. The zero-order valence-corrected chi connectivity index (χ0v) is 20.5. The highest BCUT2D eigenvalue weighted by molar-refractivity contribution is 14.0. The number of hydrogen-bond donors (Lipinski definition) is 1. The molecule has 2 atom stereocenters. The van der Waals surface area contributed by atoms with Gasteiger partial charge in [-0.3, -0.25) is 14.8 Å². The predicted molar refractivity (Wildman–Crippen MR) is 124 cm³/mol. The Morgan fingerprint density at radius 2 is 1.90 bits per heavy atom. The molecule has 0 spiro atoms. The highest BCUT2D eigenvalue weighted by Crippen LogP contribution is 2.22. The maximum atomic E-state index is 12.7. The summed E-state index contributed by atoms with van der Waals surface area (Å²) in [6.45, 7) is 11.6. The quantitative estimate of drug-likeness (QED) is 0.294. The molecule has 0 radical (unpaired) electrons. The van der Waals surface area contributed by atoms with Crippen molar-refractivity contribution >= 4 is 29.9 Å². The number of hydrogen-bond acceptors (Lipinski definition) is 3. The molecule has 2 aliphatic heterocycles. The van der Waals surface area contributed by atoms with Crippen LogP contribution >= 0.6 is 24.0 Å². The van der Waals surface area contributed by atoms with E-state index >= 15 is 0 Å². The molecule has 2 fully saturated rings. The van der Waals surface area contributed by atoms with E-state index in [2.05, 4.69) is 29.0 Å². The number of piperidine rings is 1. The molecular weight excluding hydrogens is 494 g/mol. The molecule has 9 heteroatoms. The van der Waals surface area contributed by atoms with Gasteiger partial charge >= 0.3 is 6.18 Å². The Bertz CT molecular complexity index is 489. The first-order valence-corrected chi connectivity index (χ1v) is 10.9. The number of alkyl halides is 3. The molecule has 0 saturated carbocycles. The summed E-state index contributed by atoms with van der Waals surface area (Å²) in [6, 6.07) is 0.508. The van der Waals surface area contributed by atoms with Crippen LogP contribution in [0.2, 0.25) is 0 Å². The van der Waals surface area contributed by atoms with Crippen molar-refractivity contribution in [1.29, 1.82) is 0 Å². The fourth-order valence-electron chi connectivity index (χ4n) is 4.40. The lowest BCUT2D eigenvalue weighted by atomic mass is 10.0. The number of nitrogens with one attached hydrogen (secondary N) is 1. The highest BCUT2D eigenvalue weighted by atomic mass is 127. The van der Waals surface area contributed by atoms with E-state index in [0.717, 1.165) is 51.6 Å². The third-order valence-corrected chi connectivity index (χ3v) is 5.89. The Hall–Kier alpha value is -0.290. The largest absolute Gasteiger partial charge is 0.401 e. The Morgan fingerprint density at radius 1 is 1.14 bits per heavy atom. The maximum Gasteiger partial charge on any atom is 0.401 e. The van der Waals surface area contributed by atoms with Gasteiger partial charge in [-0.25, -0.2) is 0 Å². The van der Waals surface area contributed by atoms with E-state index in [1.54, 1.807) is 6.92 Å². The molecule has 0 amide bonds. The second kappa shape index (κ2) is 13.2. The van der Waals surface area contributed by atoms with Crippen LogP contribution in [0.1, 0.15) is 46.5 Å². The zero-order chi connectivity index (χ0) is 20.6. The van der Waals surface area contributed by atoms with Crippen molar-refractivity contribution in [1.82, 2.24) is 20.0 Å². The molecule has 0 aliphatic carbocycles. The minimum absolute atomic E-state index is 0. The number of rotatable bonds is 8. The third-order valence-electron chi connectivity index (χ3n) is 5.89. The standard InChI is InChI=1S/C20H38F3N5.HI/c1-4-24-19(25-13-18-9-7-8-11-27(18)6-3)28-12-10-17(15-28)14-26(5-2)16-20(21,22)23;/h17-18H,4-16H2,1-3H3,(H,24,25);1H. The second-order valence-electron chi connectivity index (χ2n) is 8.02. The lowest BCUT2D eigenvalue weighted by Gasteiger charge is -2.34. The number of likely N-dealkylation sites (N-methyl/N-ethyl adjacent to an activating group) is 1. The molecule has 0 aromatic heterocycles. The maximum absolute atomic E-state index is 12.7. The minimum Gasteiger partial charge on any atom is -0.357 e. The first-order chi connectivity index (χ1) is 13.4. The Balaban J connectivity index is 0.00000420. The van der Waals surface area contributed by atoms with Crippen LogP contribution in [0.25, 0.3) is 0 Å². The second-order valence-corrected chi connectivity index (χ2v) is 8.02. The van der Waals surface area contributed by atoms with Crippen LogP contribution in [0, 0.1) is 5.92 Å². The highest BCUT2D eigenvalue weighted by Gasteiger charge is 2.33. The summed E-state index contributed by atoms with van der Waals surface area (Å²) in [5.41, 5.74) is 0. The topological polar surface area (TPSA) is 34.1 Å². The Labute approximate surface area is 191 Å². The van der Waals surface area contributed by atoms with Gasteiger partial charge in [-0.15, -0.1) is 24.0 Å². The van der Waals surface area contributed by atoms with Crippen molar-refractivity contribution in [2.75, 3.05) is 58.9 Å². The minimum atomic E-state index is -4.13. The summed E-state index contributed by atoms with van der Waals surface area (Å²) >= 11 is 0. The molecule has 2 saturated heterocycles. The molecule has 172 valence electrons. The fourth-order valence-corrected chi connectivity index (χ4v) is 4.40. The van der Waals surface area contributed by atoms with Gasteiger partial charge < -0.3 is 10.2 Å². The molecule has 2 unspecified atom stereocenters. The van der Waals surface area contributed by atoms with Crippen molar-refractivity contribution < 1.29 is 13.2 Å². The lowest BCUT2D eigenvalue weighted by molar-refractivity contribution is -0.146. The molecular formula is C20H39F3IN5. The smallest absolute Gasteiger partial charge is 0.357 e. The van der Waals surface area contributed by atoms with Crippen LogP contribution in [-0.2, 0) is 0 Å². The Morgan fingerprint density at radius 3 is 2.52 bits per heavy atom. The molecule has 1 N–H and O–H groups in total. The van der Waals surface area contributed by atoms with Crippen LogP contribution in [0.3, 0.4) is 0 Å². The summed E-state index contributed by atoms with van der Waals surface area (Å²) in [4.78, 5) is 11.2. The number of halogens is 4. The van der Waals surface area contributed by atoms with Crippen LogP contribution < -0.4 is 5.32 Å². The monoisotopic (exact) mass is 533 g/mol. The SMILES string of the molecule is CCNC(=NCC1CCCCN1CC)N1CCC(CN(CC)CC(F)(F)F)C1.I. The first kappa shape index (κ1) is 26.7. The van der Waals surface area contributed by atoms with Crippen molar-refractivity contribution in [2.45, 2.75) is 58.7 Å². The molecule has 5 nitrogen and oxygen atoms in total. The van der Waals surface area contributed by atoms with Crippen molar-refractivity contribution in [3.05, 3.63) is 0 Å². The van der Waals surface area contributed by atoms with E-state index in [9.17, 15) is 13.2 Å². The van der Waals surface area contributed by atoms with E-state index < -0.39 is 12.7 Å². The van der Waals surface area contributed by atoms with E-state index in [-0.39, 0.29) is 29.9 Å². The van der Waals surface area contributed by atoms with Gasteiger partial charge in [0, 0.05) is 32.2 Å². The van der Waals surface area contributed by atoms with Gasteiger partial charge in [-0.05, 0) is 51.7 Å². The summed E-state index contributed by atoms with van der Waals surface area (Å²) in [7, 11) is 0. The van der Waals surface area contributed by atoms with Gasteiger partial charge in [0.05, 0.1) is 13.1 Å². The van der Waals surface area contributed by atoms with Crippen molar-refractivity contribution in [2.24, 2.45) is 10.9 Å². The lowest BCUT2D eigenvalue weighted by Crippen LogP contribution is -2.44. The van der Waals surface area contributed by atoms with Gasteiger partial charge in [-0.2, -0.15) is 13.2 Å². The molecule has 0 aromatic rings. The molecule has 0 bridgehead atoms. The van der Waals surface area contributed by atoms with Crippen LogP contribution in [0.4, 0.5) is 13.2 Å². The van der Waals surface area contributed by atoms with Crippen molar-refractivity contribution in [3.63, 3.8) is 0 Å². The van der Waals surface area contributed by atoms with Gasteiger partial charge in [0.25, 0.3) is 0 Å². The summed E-state index contributed by atoms with van der Waals surface area (Å²) < 4.78 is 38.2. The average Bonchev–Trinajstić information content (AvgIpc) is 3.12. The predicted octanol–water partition coefficient (Wildman–Crippen LogP) is 3.65. The molecule has 0 aromatic carbocycles. The van der Waals surface area contributed by atoms with E-state index in [4.69, 9.17) is 4.99 Å². The molecule has 2 aliphatic rings. The average molecular weight is 533 g/mol. The van der Waals surface area contributed by atoms with Gasteiger partial charge in [0.15, 0.2) is 5.96 Å². The van der Waals surface area contributed by atoms with Gasteiger partial charge in [0.2, 0.25) is 0 Å². The summed E-state index contributed by atoms with van der Waals surface area (Å²) in [6.07, 6.45) is 0.528. The molecule has 29 heavy (non-hydrogen) atoms. The number of guanidine groups is 1. The van der Waals surface area contributed by atoms with E-state index in [0.29, 0.717) is 19.1 Å². The van der Waals surface area contributed by atoms with Crippen molar-refractivity contribution in [3.8, 4) is 0 Å². The third kappa shape index (κ3) is 9.16. The fraction of sp³-hybridized carbons (Fsp3) is 0.950. The van der Waals surface area contributed by atoms with Gasteiger partial charge in [0.1, 0.15) is 0 Å². The molecule has 2 rings (SSSR count). The van der Waals surface area contributed by atoms with Crippen LogP contribution in [0.15, 0.2) is 4.99 Å².